The van der Waals surface area contributed by atoms with Gasteiger partial charge in [0.2, 0.25) is 5.91 Å². The van der Waals surface area contributed by atoms with Crippen molar-refractivity contribution >= 4 is 24.0 Å². The maximum Gasteiger partial charge on any atom is 0.241 e. The van der Waals surface area contributed by atoms with Crippen molar-refractivity contribution in [3.63, 3.8) is 0 Å². The minimum Gasteiger partial charge on any atom is -0.396 e. The zero-order chi connectivity index (χ0) is 10.7. The molecule has 1 aromatic rings. The van der Waals surface area contributed by atoms with Crippen LogP contribution in [0.15, 0.2) is 12.4 Å². The number of nitrogens with two attached hydrogens (primary N) is 1. The molecule has 0 aliphatic heterocycles. The summed E-state index contributed by atoms with van der Waals surface area (Å²) >= 11 is 0. The van der Waals surface area contributed by atoms with Crippen molar-refractivity contribution in [2.24, 2.45) is 0 Å². The maximum absolute atomic E-state index is 11.6. The number of rotatable bonds is 3. The molecule has 1 aliphatic rings. The van der Waals surface area contributed by atoms with Crippen LogP contribution in [0.1, 0.15) is 25.7 Å². The van der Waals surface area contributed by atoms with E-state index in [0.29, 0.717) is 11.7 Å². The topological polar surface area (TPSA) is 72.9 Å². The first-order valence-electron chi connectivity index (χ1n) is 5.31. The number of nitrogen functional groups attached to an aromatic ring is 1. The fourth-order valence-electron chi connectivity index (χ4n) is 1.96. The third-order valence-electron chi connectivity index (χ3n) is 2.68. The third kappa shape index (κ3) is 3.41. The Morgan fingerprint density at radius 1 is 1.56 bits per heavy atom. The van der Waals surface area contributed by atoms with E-state index in [9.17, 15) is 4.79 Å². The minimum absolute atomic E-state index is 0. The SMILES string of the molecule is Cl.Nc1cnn(CC(=O)NC2CCCC2)c1. The highest BCUT2D eigenvalue weighted by molar-refractivity contribution is 5.85. The van der Waals surface area contributed by atoms with Crippen LogP contribution in [0.4, 0.5) is 5.69 Å². The molecule has 1 amide bonds. The van der Waals surface area contributed by atoms with Gasteiger partial charge in [-0.1, -0.05) is 12.8 Å². The van der Waals surface area contributed by atoms with Gasteiger partial charge >= 0.3 is 0 Å². The Labute approximate surface area is 101 Å². The quantitative estimate of drug-likeness (QED) is 0.831. The van der Waals surface area contributed by atoms with Gasteiger partial charge in [0.25, 0.3) is 0 Å². The summed E-state index contributed by atoms with van der Waals surface area (Å²) in [7, 11) is 0. The summed E-state index contributed by atoms with van der Waals surface area (Å²) in [6.07, 6.45) is 7.86. The predicted molar refractivity (Wildman–Crippen MR) is 64.3 cm³/mol. The molecule has 0 atom stereocenters. The van der Waals surface area contributed by atoms with Gasteiger partial charge in [-0.3, -0.25) is 9.48 Å². The number of nitrogens with one attached hydrogen (secondary N) is 1. The van der Waals surface area contributed by atoms with Crippen LogP contribution in [0.3, 0.4) is 0 Å². The lowest BCUT2D eigenvalue weighted by molar-refractivity contribution is -0.122. The van der Waals surface area contributed by atoms with Crippen molar-refractivity contribution in [3.05, 3.63) is 12.4 Å². The molecule has 6 heteroatoms. The predicted octanol–water partition coefficient (Wildman–Crippen LogP) is 0.946. The molecule has 1 aliphatic carbocycles. The van der Waals surface area contributed by atoms with Crippen LogP contribution in [0, 0.1) is 0 Å². The van der Waals surface area contributed by atoms with E-state index in [2.05, 4.69) is 10.4 Å². The molecular weight excluding hydrogens is 228 g/mol. The summed E-state index contributed by atoms with van der Waals surface area (Å²) in [5.41, 5.74) is 6.09. The van der Waals surface area contributed by atoms with Gasteiger partial charge in [-0.2, -0.15) is 5.10 Å². The van der Waals surface area contributed by atoms with Gasteiger partial charge < -0.3 is 11.1 Å². The average molecular weight is 245 g/mol. The fraction of sp³-hybridized carbons (Fsp3) is 0.600. The molecule has 0 radical (unpaired) electrons. The number of hydrogen-bond acceptors (Lipinski definition) is 3. The highest BCUT2D eigenvalue weighted by Gasteiger charge is 2.17. The van der Waals surface area contributed by atoms with Gasteiger partial charge in [0.15, 0.2) is 0 Å². The number of carbonyl (C=O) groups excluding carboxylic acids is 1. The molecule has 0 saturated heterocycles. The molecule has 1 fully saturated rings. The van der Waals surface area contributed by atoms with E-state index in [1.807, 2.05) is 0 Å². The first-order chi connectivity index (χ1) is 7.24. The van der Waals surface area contributed by atoms with Crippen LogP contribution in [0.5, 0.6) is 0 Å². The first-order valence-corrected chi connectivity index (χ1v) is 5.31. The Balaban J connectivity index is 0.00000128. The first kappa shape index (κ1) is 12.8. The Morgan fingerprint density at radius 3 is 2.81 bits per heavy atom. The normalized spacial score (nSPS) is 15.8. The Hall–Kier alpha value is -1.23. The molecule has 0 unspecified atom stereocenters. The van der Waals surface area contributed by atoms with Crippen LogP contribution >= 0.6 is 12.4 Å². The summed E-state index contributed by atoms with van der Waals surface area (Å²) in [4.78, 5) is 11.6. The fourth-order valence-corrected chi connectivity index (χ4v) is 1.96. The molecule has 3 N–H and O–H groups in total. The van der Waals surface area contributed by atoms with Gasteiger partial charge in [-0.05, 0) is 12.8 Å². The highest BCUT2D eigenvalue weighted by atomic mass is 35.5. The van der Waals surface area contributed by atoms with Crippen molar-refractivity contribution in [2.75, 3.05) is 5.73 Å². The van der Waals surface area contributed by atoms with E-state index < -0.39 is 0 Å². The molecule has 1 heterocycles. The number of amides is 1. The second kappa shape index (κ2) is 5.75. The molecule has 2 rings (SSSR count). The zero-order valence-electron chi connectivity index (χ0n) is 9.06. The Kier molecular flexibility index (Phi) is 4.61. The lowest BCUT2D eigenvalue weighted by atomic mass is 10.2. The lowest BCUT2D eigenvalue weighted by Crippen LogP contribution is -2.35. The Bertz CT molecular complexity index is 346. The van der Waals surface area contributed by atoms with E-state index in [1.165, 1.54) is 12.8 Å². The van der Waals surface area contributed by atoms with Crippen LogP contribution in [0.25, 0.3) is 0 Å². The van der Waals surface area contributed by atoms with E-state index in [-0.39, 0.29) is 24.9 Å². The summed E-state index contributed by atoms with van der Waals surface area (Å²) < 4.78 is 1.56. The molecule has 5 nitrogen and oxygen atoms in total. The number of halogens is 1. The summed E-state index contributed by atoms with van der Waals surface area (Å²) in [5.74, 6) is 0.0185. The second-order valence-electron chi connectivity index (χ2n) is 4.02. The average Bonchev–Trinajstić information content (AvgIpc) is 2.77. The van der Waals surface area contributed by atoms with Gasteiger partial charge in [0.1, 0.15) is 6.54 Å². The third-order valence-corrected chi connectivity index (χ3v) is 2.68. The maximum atomic E-state index is 11.6. The largest absolute Gasteiger partial charge is 0.396 e. The molecule has 0 aromatic carbocycles. The van der Waals surface area contributed by atoms with Crippen LogP contribution < -0.4 is 11.1 Å². The van der Waals surface area contributed by atoms with Crippen LogP contribution in [0.2, 0.25) is 0 Å². The number of aromatic nitrogens is 2. The minimum atomic E-state index is 0. The molecule has 90 valence electrons. The van der Waals surface area contributed by atoms with E-state index in [1.54, 1.807) is 17.1 Å². The van der Waals surface area contributed by atoms with Crippen LogP contribution in [-0.2, 0) is 11.3 Å². The molecule has 1 saturated carbocycles. The lowest BCUT2D eigenvalue weighted by Gasteiger charge is -2.11. The number of anilines is 1. The molecule has 1 aromatic heterocycles. The number of carbonyl (C=O) groups is 1. The van der Waals surface area contributed by atoms with Crippen molar-refractivity contribution in [1.82, 2.24) is 15.1 Å². The van der Waals surface area contributed by atoms with Crippen molar-refractivity contribution < 1.29 is 4.79 Å². The van der Waals surface area contributed by atoms with E-state index >= 15 is 0 Å². The van der Waals surface area contributed by atoms with Gasteiger partial charge in [0.05, 0.1) is 11.9 Å². The van der Waals surface area contributed by atoms with Crippen molar-refractivity contribution in [2.45, 2.75) is 38.3 Å². The van der Waals surface area contributed by atoms with Gasteiger partial charge in [0, 0.05) is 12.2 Å². The number of nitrogens with zero attached hydrogens (tertiary/aromatic N) is 2. The molecule has 0 bridgehead atoms. The smallest absolute Gasteiger partial charge is 0.241 e. The molecular formula is C10H17ClN4O. The molecule has 16 heavy (non-hydrogen) atoms. The Morgan fingerprint density at radius 2 is 2.25 bits per heavy atom. The standard InChI is InChI=1S/C10H16N4O.ClH/c11-8-5-12-14(6-8)7-10(15)13-9-3-1-2-4-9;/h5-6,9H,1-4,7,11H2,(H,13,15);1H. The summed E-state index contributed by atoms with van der Waals surface area (Å²) in [6, 6.07) is 0.366. The number of hydrogen-bond donors (Lipinski definition) is 2. The van der Waals surface area contributed by atoms with Gasteiger partial charge in [-0.25, -0.2) is 0 Å². The van der Waals surface area contributed by atoms with E-state index in [4.69, 9.17) is 5.73 Å². The summed E-state index contributed by atoms with van der Waals surface area (Å²) in [6.45, 7) is 0.258. The van der Waals surface area contributed by atoms with Crippen molar-refractivity contribution in [3.8, 4) is 0 Å². The van der Waals surface area contributed by atoms with E-state index in [0.717, 1.165) is 12.8 Å². The van der Waals surface area contributed by atoms with Crippen LogP contribution in [-0.4, -0.2) is 21.7 Å². The zero-order valence-corrected chi connectivity index (χ0v) is 9.87. The summed E-state index contributed by atoms with van der Waals surface area (Å²) in [5, 5.41) is 6.96. The van der Waals surface area contributed by atoms with Crippen molar-refractivity contribution in [1.29, 1.82) is 0 Å². The molecule has 0 spiro atoms. The highest BCUT2D eigenvalue weighted by Crippen LogP contribution is 2.17. The monoisotopic (exact) mass is 244 g/mol. The second-order valence-corrected chi connectivity index (χ2v) is 4.02. The van der Waals surface area contributed by atoms with Gasteiger partial charge in [-0.15, -0.1) is 12.4 Å².